The lowest BCUT2D eigenvalue weighted by atomic mass is 9.68. The molecule has 1 unspecified atom stereocenters. The zero-order valence-corrected chi connectivity index (χ0v) is 18.6. The maximum atomic E-state index is 12.8. The number of benzene rings is 2. The maximum absolute atomic E-state index is 12.8. The highest BCUT2D eigenvalue weighted by Gasteiger charge is 2.39. The van der Waals surface area contributed by atoms with Crippen LogP contribution < -0.4 is 10.2 Å². The Bertz CT molecular complexity index is 1200. The second-order valence-electron chi connectivity index (χ2n) is 8.87. The van der Waals surface area contributed by atoms with E-state index in [0.717, 1.165) is 35.6 Å². The quantitative estimate of drug-likeness (QED) is 0.572. The summed E-state index contributed by atoms with van der Waals surface area (Å²) in [7, 11) is 4.10. The zero-order chi connectivity index (χ0) is 22.3. The van der Waals surface area contributed by atoms with Crippen LogP contribution in [-0.2, 0) is 11.8 Å². The van der Waals surface area contributed by atoms with E-state index in [4.69, 9.17) is 0 Å². The van der Waals surface area contributed by atoms with Crippen LogP contribution in [0.1, 0.15) is 40.0 Å². The van der Waals surface area contributed by atoms with Gasteiger partial charge in [0, 0.05) is 43.2 Å². The average Bonchev–Trinajstić information content (AvgIpc) is 3.58. The predicted molar refractivity (Wildman–Crippen MR) is 130 cm³/mol. The van der Waals surface area contributed by atoms with Crippen molar-refractivity contribution >= 4 is 23.5 Å². The number of hydrogen-bond acceptors (Lipinski definition) is 4. The first-order valence-electron chi connectivity index (χ1n) is 11.1. The van der Waals surface area contributed by atoms with Gasteiger partial charge in [0.05, 0.1) is 5.69 Å². The van der Waals surface area contributed by atoms with Gasteiger partial charge in [-0.05, 0) is 42.2 Å². The van der Waals surface area contributed by atoms with Gasteiger partial charge in [0.2, 0.25) is 0 Å². The maximum Gasteiger partial charge on any atom is 0.270 e. The molecule has 0 saturated heterocycles. The number of aromatic nitrogens is 2. The van der Waals surface area contributed by atoms with E-state index in [0.29, 0.717) is 12.5 Å². The first-order chi connectivity index (χ1) is 15.5. The number of nitrogens with zero attached hydrogens (tertiary/aromatic N) is 3. The fourth-order valence-electron chi connectivity index (χ4n) is 4.52. The molecule has 1 aromatic heterocycles. The van der Waals surface area contributed by atoms with Gasteiger partial charge in [-0.3, -0.25) is 4.79 Å². The number of fused-ring (bicyclic) bond motifs is 1. The van der Waals surface area contributed by atoms with Gasteiger partial charge in [-0.1, -0.05) is 61.2 Å². The van der Waals surface area contributed by atoms with Gasteiger partial charge in [-0.15, -0.1) is 5.10 Å². The van der Waals surface area contributed by atoms with Gasteiger partial charge in [-0.25, -0.2) is 0 Å². The zero-order valence-electron chi connectivity index (χ0n) is 18.6. The van der Waals surface area contributed by atoms with Crippen LogP contribution in [0.15, 0.2) is 73.3 Å². The van der Waals surface area contributed by atoms with Gasteiger partial charge in [0.1, 0.15) is 0 Å². The molecule has 0 spiro atoms. The van der Waals surface area contributed by atoms with Crippen molar-refractivity contribution in [3.05, 3.63) is 95.7 Å². The second kappa shape index (κ2) is 7.83. The molecule has 2 aromatic carbocycles. The molecule has 5 rings (SSSR count). The molecule has 1 saturated carbocycles. The molecule has 32 heavy (non-hydrogen) atoms. The number of hydrogen-bond donors (Lipinski definition) is 1. The standard InChI is InChI=1S/C27H28N4O/c1-4-25(32)31-24-18-27(19-9-6-5-7-10-19,20-11-8-12-22(17-20)30(2)3)16-15-23(24)26(29-31)28-21-13-14-21/h4-12,15-17,21H,1,13-14,18H2,2-3H3,(H,28,29). The molecule has 3 aromatic rings. The van der Waals surface area contributed by atoms with Gasteiger partial charge in [0.15, 0.2) is 5.82 Å². The highest BCUT2D eigenvalue weighted by molar-refractivity contribution is 5.91. The summed E-state index contributed by atoms with van der Waals surface area (Å²) in [5.41, 5.74) is 5.03. The highest BCUT2D eigenvalue weighted by atomic mass is 16.2. The summed E-state index contributed by atoms with van der Waals surface area (Å²) < 4.78 is 1.53. The molecule has 1 atom stereocenters. The molecule has 0 aliphatic heterocycles. The van der Waals surface area contributed by atoms with E-state index in [2.05, 4.69) is 96.7 Å². The highest BCUT2D eigenvalue weighted by Crippen LogP contribution is 2.44. The van der Waals surface area contributed by atoms with Gasteiger partial charge in [0.25, 0.3) is 5.91 Å². The average molecular weight is 425 g/mol. The van der Waals surface area contributed by atoms with Crippen molar-refractivity contribution in [2.24, 2.45) is 0 Å². The fourth-order valence-corrected chi connectivity index (χ4v) is 4.52. The summed E-state index contributed by atoms with van der Waals surface area (Å²) in [6, 6.07) is 19.6. The van der Waals surface area contributed by atoms with E-state index >= 15 is 0 Å². The summed E-state index contributed by atoms with van der Waals surface area (Å²) in [6.45, 7) is 3.70. The minimum absolute atomic E-state index is 0.204. The Labute approximate surface area is 189 Å². The van der Waals surface area contributed by atoms with Crippen LogP contribution in [-0.4, -0.2) is 35.8 Å². The molecule has 5 heteroatoms. The normalized spacial score (nSPS) is 19.3. The Hall–Kier alpha value is -3.60. The number of anilines is 2. The Kier molecular flexibility index (Phi) is 4.97. The van der Waals surface area contributed by atoms with Crippen LogP contribution in [0.5, 0.6) is 0 Å². The molecular weight excluding hydrogens is 396 g/mol. The fraction of sp³-hybridized carbons (Fsp3) is 0.259. The second-order valence-corrected chi connectivity index (χ2v) is 8.87. The molecular formula is C27H28N4O. The first kappa shape index (κ1) is 20.3. The van der Waals surface area contributed by atoms with Gasteiger partial charge in [-0.2, -0.15) is 4.68 Å². The molecule has 0 bridgehead atoms. The smallest absolute Gasteiger partial charge is 0.270 e. The van der Waals surface area contributed by atoms with Crippen molar-refractivity contribution < 1.29 is 4.79 Å². The summed E-state index contributed by atoms with van der Waals surface area (Å²) >= 11 is 0. The SMILES string of the molecule is C=CC(=O)n1nc(NC2CC2)c2c1CC(c1ccccc1)(c1cccc(N(C)C)c1)C=C2. The summed E-state index contributed by atoms with van der Waals surface area (Å²) in [5.74, 6) is 0.585. The number of carbonyl (C=O) groups is 1. The van der Waals surface area contributed by atoms with E-state index in [9.17, 15) is 4.79 Å². The van der Waals surface area contributed by atoms with Crippen molar-refractivity contribution in [1.29, 1.82) is 0 Å². The van der Waals surface area contributed by atoms with Crippen LogP contribution in [0.3, 0.4) is 0 Å². The lowest BCUT2D eigenvalue weighted by molar-refractivity contribution is 0.0950. The third kappa shape index (κ3) is 3.44. The van der Waals surface area contributed by atoms with Crippen LogP contribution >= 0.6 is 0 Å². The molecule has 2 aliphatic rings. The van der Waals surface area contributed by atoms with Crippen LogP contribution in [0.25, 0.3) is 6.08 Å². The summed E-state index contributed by atoms with van der Waals surface area (Å²) in [4.78, 5) is 14.9. The number of allylic oxidation sites excluding steroid dienone is 2. The van der Waals surface area contributed by atoms with E-state index in [1.54, 1.807) is 0 Å². The summed E-state index contributed by atoms with van der Waals surface area (Å²) in [5, 5.41) is 8.16. The molecule has 0 radical (unpaired) electrons. The third-order valence-electron chi connectivity index (χ3n) is 6.47. The van der Waals surface area contributed by atoms with Crippen LogP contribution in [0.4, 0.5) is 11.5 Å². The van der Waals surface area contributed by atoms with Crippen LogP contribution in [0, 0.1) is 0 Å². The largest absolute Gasteiger partial charge is 0.378 e. The Morgan fingerprint density at radius 2 is 1.91 bits per heavy atom. The number of carbonyl (C=O) groups excluding carboxylic acids is 1. The van der Waals surface area contributed by atoms with Crippen molar-refractivity contribution in [2.75, 3.05) is 24.3 Å². The number of rotatable bonds is 6. The lowest BCUT2D eigenvalue weighted by Gasteiger charge is -2.35. The lowest BCUT2D eigenvalue weighted by Crippen LogP contribution is -2.32. The first-order valence-corrected chi connectivity index (χ1v) is 11.1. The minimum atomic E-state index is -0.406. The molecule has 2 aliphatic carbocycles. The molecule has 1 heterocycles. The van der Waals surface area contributed by atoms with Crippen molar-refractivity contribution in [2.45, 2.75) is 30.7 Å². The predicted octanol–water partition coefficient (Wildman–Crippen LogP) is 4.91. The molecule has 5 nitrogen and oxygen atoms in total. The summed E-state index contributed by atoms with van der Waals surface area (Å²) in [6.07, 6.45) is 8.68. The van der Waals surface area contributed by atoms with Crippen molar-refractivity contribution in [1.82, 2.24) is 9.78 Å². The molecule has 1 fully saturated rings. The van der Waals surface area contributed by atoms with E-state index in [1.807, 2.05) is 6.07 Å². The monoisotopic (exact) mass is 424 g/mol. The van der Waals surface area contributed by atoms with Crippen LogP contribution in [0.2, 0.25) is 0 Å². The van der Waals surface area contributed by atoms with E-state index < -0.39 is 5.41 Å². The van der Waals surface area contributed by atoms with E-state index in [-0.39, 0.29) is 5.91 Å². The Morgan fingerprint density at radius 3 is 2.59 bits per heavy atom. The Morgan fingerprint density at radius 1 is 1.16 bits per heavy atom. The van der Waals surface area contributed by atoms with Crippen molar-refractivity contribution in [3.8, 4) is 0 Å². The molecule has 162 valence electrons. The van der Waals surface area contributed by atoms with E-state index in [1.165, 1.54) is 21.9 Å². The minimum Gasteiger partial charge on any atom is -0.378 e. The van der Waals surface area contributed by atoms with Crippen molar-refractivity contribution in [3.63, 3.8) is 0 Å². The third-order valence-corrected chi connectivity index (χ3v) is 6.47. The number of nitrogens with one attached hydrogen (secondary N) is 1. The Balaban J connectivity index is 1.69. The molecule has 1 N–H and O–H groups in total. The molecule has 0 amide bonds. The van der Waals surface area contributed by atoms with Gasteiger partial charge >= 0.3 is 0 Å². The van der Waals surface area contributed by atoms with Gasteiger partial charge < -0.3 is 10.2 Å². The topological polar surface area (TPSA) is 50.2 Å².